The van der Waals surface area contributed by atoms with Crippen molar-refractivity contribution in [1.29, 1.82) is 0 Å². The minimum Gasteiger partial charge on any atom is -0.368 e. The quantitative estimate of drug-likeness (QED) is 0.894. The molecule has 98 valence electrons. The molecule has 0 spiro atoms. The highest BCUT2D eigenvalue weighted by atomic mass is 19.2. The Morgan fingerprint density at radius 3 is 2.89 bits per heavy atom. The maximum atomic E-state index is 13.6. The summed E-state index contributed by atoms with van der Waals surface area (Å²) in [6.07, 6.45) is 2.57. The maximum Gasteiger partial charge on any atom is 0.234 e. The molecule has 1 amide bonds. The molecule has 3 nitrogen and oxygen atoms in total. The Bertz CT molecular complexity index is 451. The molecule has 0 saturated carbocycles. The maximum absolute atomic E-state index is 13.6. The first kappa shape index (κ1) is 13.0. The lowest BCUT2D eigenvalue weighted by Crippen LogP contribution is -2.47. The van der Waals surface area contributed by atoms with Gasteiger partial charge in [0.2, 0.25) is 5.91 Å². The number of amides is 1. The Balaban J connectivity index is 2.16. The number of hydrogen-bond donors (Lipinski definition) is 1. The van der Waals surface area contributed by atoms with Gasteiger partial charge in [-0.25, -0.2) is 8.78 Å². The largest absolute Gasteiger partial charge is 0.368 e. The summed E-state index contributed by atoms with van der Waals surface area (Å²) in [5.74, 6) is -2.10. The number of likely N-dealkylation sites (tertiary alicyclic amines) is 1. The third kappa shape index (κ3) is 2.67. The van der Waals surface area contributed by atoms with Crippen LogP contribution in [0.5, 0.6) is 0 Å². The summed E-state index contributed by atoms with van der Waals surface area (Å²) in [7, 11) is 0. The molecule has 1 aromatic rings. The number of carbonyl (C=O) groups is 1. The van der Waals surface area contributed by atoms with Crippen LogP contribution in [-0.2, 0) is 11.3 Å². The first-order valence-corrected chi connectivity index (χ1v) is 6.06. The zero-order valence-electron chi connectivity index (χ0n) is 10.0. The number of nitrogens with zero attached hydrogens (tertiary/aromatic N) is 1. The fourth-order valence-corrected chi connectivity index (χ4v) is 2.39. The lowest BCUT2D eigenvalue weighted by atomic mass is 10.0. The summed E-state index contributed by atoms with van der Waals surface area (Å²) in [5, 5.41) is 0. The lowest BCUT2D eigenvalue weighted by molar-refractivity contribution is -0.124. The average Bonchev–Trinajstić information content (AvgIpc) is 2.35. The van der Waals surface area contributed by atoms with Crippen LogP contribution in [0.2, 0.25) is 0 Å². The molecule has 18 heavy (non-hydrogen) atoms. The van der Waals surface area contributed by atoms with E-state index in [0.717, 1.165) is 18.9 Å². The van der Waals surface area contributed by atoms with Gasteiger partial charge in [0.25, 0.3) is 0 Å². The van der Waals surface area contributed by atoms with Gasteiger partial charge in [-0.2, -0.15) is 0 Å². The van der Waals surface area contributed by atoms with Crippen molar-refractivity contribution in [3.63, 3.8) is 0 Å². The van der Waals surface area contributed by atoms with Crippen molar-refractivity contribution in [3.8, 4) is 0 Å². The fourth-order valence-electron chi connectivity index (χ4n) is 2.39. The summed E-state index contributed by atoms with van der Waals surface area (Å²) >= 11 is 0. The van der Waals surface area contributed by atoms with E-state index >= 15 is 0 Å². The second-order valence-electron chi connectivity index (χ2n) is 4.60. The molecule has 2 rings (SSSR count). The van der Waals surface area contributed by atoms with Gasteiger partial charge < -0.3 is 5.73 Å². The number of piperidine rings is 1. The normalized spacial score (nSPS) is 20.9. The van der Waals surface area contributed by atoms with E-state index in [1.54, 1.807) is 0 Å². The predicted molar refractivity (Wildman–Crippen MR) is 63.6 cm³/mol. The number of nitrogens with two attached hydrogens (primary N) is 1. The van der Waals surface area contributed by atoms with Gasteiger partial charge in [0.1, 0.15) is 0 Å². The molecule has 1 aliphatic heterocycles. The van der Waals surface area contributed by atoms with Crippen LogP contribution in [0.3, 0.4) is 0 Å². The van der Waals surface area contributed by atoms with Gasteiger partial charge in [0.05, 0.1) is 6.04 Å². The highest BCUT2D eigenvalue weighted by Crippen LogP contribution is 2.21. The molecule has 1 aliphatic rings. The van der Waals surface area contributed by atoms with Crippen molar-refractivity contribution in [2.45, 2.75) is 31.8 Å². The van der Waals surface area contributed by atoms with E-state index in [2.05, 4.69) is 0 Å². The Kier molecular flexibility index (Phi) is 3.91. The number of carbonyl (C=O) groups excluding carboxylic acids is 1. The molecule has 0 bridgehead atoms. The van der Waals surface area contributed by atoms with E-state index in [4.69, 9.17) is 5.73 Å². The van der Waals surface area contributed by atoms with E-state index in [9.17, 15) is 13.6 Å². The van der Waals surface area contributed by atoms with Crippen LogP contribution in [0.15, 0.2) is 18.2 Å². The molecule has 0 radical (unpaired) electrons. The van der Waals surface area contributed by atoms with E-state index in [1.165, 1.54) is 12.1 Å². The SMILES string of the molecule is NC(=O)[C@@H]1CCCCN1Cc1cccc(F)c1F. The van der Waals surface area contributed by atoms with Crippen molar-refractivity contribution in [1.82, 2.24) is 4.90 Å². The van der Waals surface area contributed by atoms with Crippen molar-refractivity contribution < 1.29 is 13.6 Å². The van der Waals surface area contributed by atoms with Gasteiger partial charge in [-0.15, -0.1) is 0 Å². The standard InChI is InChI=1S/C13H16F2N2O/c14-10-5-3-4-9(12(10)15)8-17-7-2-1-6-11(17)13(16)18/h3-5,11H,1-2,6-8H2,(H2,16,18)/t11-/m0/s1. The summed E-state index contributed by atoms with van der Waals surface area (Å²) in [4.78, 5) is 13.1. The molecule has 5 heteroatoms. The molecule has 0 unspecified atom stereocenters. The van der Waals surface area contributed by atoms with Crippen molar-refractivity contribution >= 4 is 5.91 Å². The zero-order chi connectivity index (χ0) is 13.1. The third-order valence-electron chi connectivity index (χ3n) is 3.35. The third-order valence-corrected chi connectivity index (χ3v) is 3.35. The van der Waals surface area contributed by atoms with Crippen molar-refractivity contribution in [2.24, 2.45) is 5.73 Å². The van der Waals surface area contributed by atoms with E-state index in [-0.39, 0.29) is 18.2 Å². The van der Waals surface area contributed by atoms with Crippen LogP contribution >= 0.6 is 0 Å². The molecule has 1 atom stereocenters. The Morgan fingerprint density at radius 2 is 2.17 bits per heavy atom. The van der Waals surface area contributed by atoms with Gasteiger partial charge in [-0.05, 0) is 25.5 Å². The molecule has 1 heterocycles. The Labute approximate surface area is 105 Å². The number of halogens is 2. The van der Waals surface area contributed by atoms with E-state index in [0.29, 0.717) is 13.0 Å². The molecule has 2 N–H and O–H groups in total. The minimum absolute atomic E-state index is 0.219. The molecule has 1 fully saturated rings. The van der Waals surface area contributed by atoms with Gasteiger partial charge in [0.15, 0.2) is 11.6 Å². The summed E-state index contributed by atoms with van der Waals surface area (Å²) in [6.45, 7) is 0.904. The topological polar surface area (TPSA) is 46.3 Å². The van der Waals surface area contributed by atoms with Crippen LogP contribution in [0.1, 0.15) is 24.8 Å². The monoisotopic (exact) mass is 254 g/mol. The van der Waals surface area contributed by atoms with Crippen LogP contribution in [0.25, 0.3) is 0 Å². The van der Waals surface area contributed by atoms with Gasteiger partial charge in [-0.1, -0.05) is 18.6 Å². The van der Waals surface area contributed by atoms with Gasteiger partial charge >= 0.3 is 0 Å². The first-order chi connectivity index (χ1) is 8.59. The number of rotatable bonds is 3. The number of benzene rings is 1. The second kappa shape index (κ2) is 5.44. The first-order valence-electron chi connectivity index (χ1n) is 6.06. The van der Waals surface area contributed by atoms with Crippen LogP contribution in [-0.4, -0.2) is 23.4 Å². The fraction of sp³-hybridized carbons (Fsp3) is 0.462. The summed E-state index contributed by atoms with van der Waals surface area (Å²) < 4.78 is 26.7. The second-order valence-corrected chi connectivity index (χ2v) is 4.60. The highest BCUT2D eigenvalue weighted by Gasteiger charge is 2.27. The van der Waals surface area contributed by atoms with Crippen LogP contribution in [0.4, 0.5) is 8.78 Å². The Morgan fingerprint density at radius 1 is 1.39 bits per heavy atom. The van der Waals surface area contributed by atoms with Crippen LogP contribution < -0.4 is 5.73 Å². The smallest absolute Gasteiger partial charge is 0.234 e. The summed E-state index contributed by atoms with van der Waals surface area (Å²) in [5.41, 5.74) is 5.60. The molecular weight excluding hydrogens is 238 g/mol. The Hall–Kier alpha value is -1.49. The minimum atomic E-state index is -0.861. The van der Waals surface area contributed by atoms with Gasteiger partial charge in [0, 0.05) is 12.1 Å². The zero-order valence-corrected chi connectivity index (χ0v) is 10.0. The van der Waals surface area contributed by atoms with E-state index < -0.39 is 17.5 Å². The molecule has 1 saturated heterocycles. The molecule has 0 aliphatic carbocycles. The lowest BCUT2D eigenvalue weighted by Gasteiger charge is -2.33. The van der Waals surface area contributed by atoms with Gasteiger partial charge in [-0.3, -0.25) is 9.69 Å². The van der Waals surface area contributed by atoms with E-state index in [1.807, 2.05) is 4.90 Å². The number of hydrogen-bond acceptors (Lipinski definition) is 2. The van der Waals surface area contributed by atoms with Crippen molar-refractivity contribution in [2.75, 3.05) is 6.54 Å². The van der Waals surface area contributed by atoms with Crippen molar-refractivity contribution in [3.05, 3.63) is 35.4 Å². The summed E-state index contributed by atoms with van der Waals surface area (Å²) in [6, 6.07) is 3.71. The van der Waals surface area contributed by atoms with Crippen LogP contribution in [0, 0.1) is 11.6 Å². The molecular formula is C13H16F2N2O. The molecule has 0 aromatic heterocycles. The number of primary amides is 1. The average molecular weight is 254 g/mol. The molecule has 1 aromatic carbocycles. The highest BCUT2D eigenvalue weighted by molar-refractivity contribution is 5.79. The predicted octanol–water partition coefficient (Wildman–Crippen LogP) is 1.80.